The highest BCUT2D eigenvalue weighted by Crippen LogP contribution is 2.36. The second-order valence-corrected chi connectivity index (χ2v) is 4.94. The molecule has 1 nitrogen and oxygen atoms in total. The fourth-order valence-electron chi connectivity index (χ4n) is 2.71. The highest BCUT2D eigenvalue weighted by atomic mass is 14.9. The van der Waals surface area contributed by atoms with Crippen molar-refractivity contribution in [3.63, 3.8) is 0 Å². The maximum Gasteiger partial charge on any atom is 0.0320 e. The third-order valence-corrected chi connectivity index (χ3v) is 3.98. The summed E-state index contributed by atoms with van der Waals surface area (Å²) in [5.41, 5.74) is 3.04. The van der Waals surface area contributed by atoms with Gasteiger partial charge in [-0.05, 0) is 49.3 Å². The Morgan fingerprint density at radius 1 is 0.867 bits per heavy atom. The zero-order chi connectivity index (χ0) is 10.1. The number of nitrogens with one attached hydrogen (secondary N) is 1. The SMILES string of the molecule is c1cc(C2CCCN2)ccc1C1CCC1. The van der Waals surface area contributed by atoms with Crippen LogP contribution in [0.1, 0.15) is 55.2 Å². The molecule has 0 aromatic heterocycles. The van der Waals surface area contributed by atoms with Crippen LogP contribution in [0.15, 0.2) is 24.3 Å². The van der Waals surface area contributed by atoms with Gasteiger partial charge >= 0.3 is 0 Å². The molecule has 1 aromatic rings. The van der Waals surface area contributed by atoms with E-state index in [0.29, 0.717) is 6.04 Å². The van der Waals surface area contributed by atoms with Gasteiger partial charge in [0.05, 0.1) is 0 Å². The Bertz CT molecular complexity index is 318. The van der Waals surface area contributed by atoms with Crippen LogP contribution in [0.5, 0.6) is 0 Å². The van der Waals surface area contributed by atoms with Crippen LogP contribution < -0.4 is 5.32 Å². The number of rotatable bonds is 2. The van der Waals surface area contributed by atoms with Crippen LogP contribution in [0.3, 0.4) is 0 Å². The van der Waals surface area contributed by atoms with Crippen molar-refractivity contribution in [2.45, 2.75) is 44.1 Å². The standard InChI is InChI=1S/C14H19N/c1-3-11(4-1)12-6-8-13(9-7-12)14-5-2-10-15-14/h6-9,11,14-15H,1-5,10H2. The minimum absolute atomic E-state index is 0.625. The molecule has 1 aliphatic carbocycles. The molecule has 1 saturated carbocycles. The second kappa shape index (κ2) is 3.97. The van der Waals surface area contributed by atoms with Gasteiger partial charge in [-0.3, -0.25) is 0 Å². The molecule has 0 bridgehead atoms. The second-order valence-electron chi connectivity index (χ2n) is 4.94. The summed E-state index contributed by atoms with van der Waals surface area (Å²) >= 11 is 0. The highest BCUT2D eigenvalue weighted by molar-refractivity contribution is 5.28. The molecule has 80 valence electrons. The molecule has 1 aromatic carbocycles. The Labute approximate surface area is 91.9 Å². The lowest BCUT2D eigenvalue weighted by molar-refractivity contribution is 0.419. The number of benzene rings is 1. The van der Waals surface area contributed by atoms with Crippen molar-refractivity contribution in [1.29, 1.82) is 0 Å². The van der Waals surface area contributed by atoms with Crippen LogP contribution in [0.25, 0.3) is 0 Å². The first-order valence-electron chi connectivity index (χ1n) is 6.27. The van der Waals surface area contributed by atoms with E-state index in [1.54, 1.807) is 5.56 Å². The van der Waals surface area contributed by atoms with Crippen molar-refractivity contribution < 1.29 is 0 Å². The zero-order valence-electron chi connectivity index (χ0n) is 9.21. The molecule has 2 fully saturated rings. The molecule has 0 spiro atoms. The van der Waals surface area contributed by atoms with Crippen molar-refractivity contribution >= 4 is 0 Å². The Hall–Kier alpha value is -0.820. The fraction of sp³-hybridized carbons (Fsp3) is 0.571. The third kappa shape index (κ3) is 1.81. The zero-order valence-corrected chi connectivity index (χ0v) is 9.21. The minimum atomic E-state index is 0.625. The Kier molecular flexibility index (Phi) is 2.49. The minimum Gasteiger partial charge on any atom is -0.310 e. The van der Waals surface area contributed by atoms with E-state index in [0.717, 1.165) is 5.92 Å². The van der Waals surface area contributed by atoms with Gasteiger partial charge in [-0.25, -0.2) is 0 Å². The lowest BCUT2D eigenvalue weighted by atomic mass is 9.80. The quantitative estimate of drug-likeness (QED) is 0.773. The van der Waals surface area contributed by atoms with Gasteiger partial charge in [-0.15, -0.1) is 0 Å². The van der Waals surface area contributed by atoms with Crippen LogP contribution in [0, 0.1) is 0 Å². The smallest absolute Gasteiger partial charge is 0.0320 e. The molecular weight excluding hydrogens is 182 g/mol. The third-order valence-electron chi connectivity index (χ3n) is 3.98. The van der Waals surface area contributed by atoms with E-state index in [-0.39, 0.29) is 0 Å². The van der Waals surface area contributed by atoms with E-state index in [2.05, 4.69) is 29.6 Å². The monoisotopic (exact) mass is 201 g/mol. The summed E-state index contributed by atoms with van der Waals surface area (Å²) in [5.74, 6) is 0.871. The molecule has 1 heteroatoms. The normalized spacial score (nSPS) is 26.5. The van der Waals surface area contributed by atoms with Crippen molar-refractivity contribution in [2.75, 3.05) is 6.54 Å². The van der Waals surface area contributed by atoms with Crippen LogP contribution in [0.4, 0.5) is 0 Å². The first-order chi connectivity index (χ1) is 7.43. The topological polar surface area (TPSA) is 12.0 Å². The molecule has 1 saturated heterocycles. The number of hydrogen-bond donors (Lipinski definition) is 1. The van der Waals surface area contributed by atoms with Gasteiger partial charge in [0.1, 0.15) is 0 Å². The maximum absolute atomic E-state index is 3.55. The molecule has 1 aliphatic heterocycles. The molecule has 15 heavy (non-hydrogen) atoms. The highest BCUT2D eigenvalue weighted by Gasteiger charge is 2.20. The summed E-state index contributed by atoms with van der Waals surface area (Å²) in [5, 5.41) is 3.55. The van der Waals surface area contributed by atoms with Crippen LogP contribution >= 0.6 is 0 Å². The van der Waals surface area contributed by atoms with Gasteiger partial charge in [0, 0.05) is 6.04 Å². The van der Waals surface area contributed by atoms with Crippen LogP contribution in [-0.2, 0) is 0 Å². The summed E-state index contributed by atoms with van der Waals surface area (Å²) in [6.07, 6.45) is 6.87. The molecule has 1 heterocycles. The lowest BCUT2D eigenvalue weighted by Gasteiger charge is -2.26. The maximum atomic E-state index is 3.55. The summed E-state index contributed by atoms with van der Waals surface area (Å²) in [4.78, 5) is 0. The van der Waals surface area contributed by atoms with Crippen LogP contribution in [0.2, 0.25) is 0 Å². The van der Waals surface area contributed by atoms with Gasteiger partial charge in [-0.1, -0.05) is 30.7 Å². The Morgan fingerprint density at radius 2 is 1.60 bits per heavy atom. The fourth-order valence-corrected chi connectivity index (χ4v) is 2.71. The molecule has 2 aliphatic rings. The van der Waals surface area contributed by atoms with Crippen molar-refractivity contribution in [3.8, 4) is 0 Å². The largest absolute Gasteiger partial charge is 0.310 e. The van der Waals surface area contributed by atoms with E-state index in [9.17, 15) is 0 Å². The molecule has 0 radical (unpaired) electrons. The van der Waals surface area contributed by atoms with Crippen molar-refractivity contribution in [3.05, 3.63) is 35.4 Å². The van der Waals surface area contributed by atoms with Crippen molar-refractivity contribution in [2.24, 2.45) is 0 Å². The molecule has 3 rings (SSSR count). The molecule has 0 amide bonds. The van der Waals surface area contributed by atoms with E-state index < -0.39 is 0 Å². The van der Waals surface area contributed by atoms with Gasteiger partial charge in [0.15, 0.2) is 0 Å². The summed E-state index contributed by atoms with van der Waals surface area (Å²) < 4.78 is 0. The summed E-state index contributed by atoms with van der Waals surface area (Å²) in [7, 11) is 0. The number of hydrogen-bond acceptors (Lipinski definition) is 1. The predicted octanol–water partition coefficient (Wildman–Crippen LogP) is 3.38. The predicted molar refractivity (Wildman–Crippen MR) is 63.0 cm³/mol. The molecule has 1 unspecified atom stereocenters. The average molecular weight is 201 g/mol. The van der Waals surface area contributed by atoms with Crippen LogP contribution in [-0.4, -0.2) is 6.54 Å². The summed E-state index contributed by atoms with van der Waals surface area (Å²) in [6.45, 7) is 1.19. The molecule has 1 atom stereocenters. The first kappa shape index (κ1) is 9.41. The van der Waals surface area contributed by atoms with Gasteiger partial charge in [-0.2, -0.15) is 0 Å². The average Bonchev–Trinajstić information content (AvgIpc) is 2.69. The van der Waals surface area contributed by atoms with E-state index in [1.165, 1.54) is 44.2 Å². The molecular formula is C14H19N. The lowest BCUT2D eigenvalue weighted by Crippen LogP contribution is -2.13. The van der Waals surface area contributed by atoms with Gasteiger partial charge in [0.25, 0.3) is 0 Å². The first-order valence-corrected chi connectivity index (χ1v) is 6.27. The Morgan fingerprint density at radius 3 is 2.13 bits per heavy atom. The van der Waals surface area contributed by atoms with Crippen molar-refractivity contribution in [1.82, 2.24) is 5.32 Å². The van der Waals surface area contributed by atoms with Gasteiger partial charge in [0.2, 0.25) is 0 Å². The summed E-state index contributed by atoms with van der Waals surface area (Å²) in [6, 6.07) is 9.98. The van der Waals surface area contributed by atoms with E-state index in [4.69, 9.17) is 0 Å². The van der Waals surface area contributed by atoms with E-state index in [1.807, 2.05) is 0 Å². The van der Waals surface area contributed by atoms with E-state index >= 15 is 0 Å². The van der Waals surface area contributed by atoms with Gasteiger partial charge < -0.3 is 5.32 Å². The Balaban J connectivity index is 1.74. The molecule has 1 N–H and O–H groups in total.